The van der Waals surface area contributed by atoms with E-state index in [-0.39, 0.29) is 16.9 Å². The zero-order valence-corrected chi connectivity index (χ0v) is 16.7. The molecule has 3 heterocycles. The number of carbonyl (C=O) groups excluding carboxylic acids is 1. The molecule has 2 aromatic heterocycles. The third-order valence-electron chi connectivity index (χ3n) is 5.06. The molecule has 1 aliphatic rings. The predicted octanol–water partition coefficient (Wildman–Crippen LogP) is 1.45. The second-order valence-corrected chi connectivity index (χ2v) is 7.05. The van der Waals surface area contributed by atoms with Crippen molar-refractivity contribution < 1.29 is 11.9 Å². The number of H-pyrrole nitrogens is 1. The van der Waals surface area contributed by atoms with Gasteiger partial charge in [0.1, 0.15) is 11.4 Å². The summed E-state index contributed by atoms with van der Waals surface area (Å²) in [6.07, 6.45) is 0. The highest BCUT2D eigenvalue weighted by atomic mass is 19.1. The lowest BCUT2D eigenvalue weighted by atomic mass is 10.1. The summed E-state index contributed by atoms with van der Waals surface area (Å²) in [6.45, 7) is 1.32. The quantitative estimate of drug-likeness (QED) is 0.630. The van der Waals surface area contributed by atoms with Crippen molar-refractivity contribution in [1.82, 2.24) is 25.2 Å². The highest BCUT2D eigenvalue weighted by Gasteiger charge is 2.21. The Balaban J connectivity index is 1.51. The summed E-state index contributed by atoms with van der Waals surface area (Å²) in [7, 11) is 1.45. The van der Waals surface area contributed by atoms with Gasteiger partial charge in [-0.25, -0.2) is 9.97 Å². The second kappa shape index (κ2) is 8.19. The molecule has 0 unspecified atom stereocenters. The third kappa shape index (κ3) is 4.02. The van der Waals surface area contributed by atoms with Gasteiger partial charge in [-0.1, -0.05) is 6.07 Å². The van der Waals surface area contributed by atoms with Crippen molar-refractivity contribution in [1.29, 1.82) is 0 Å². The number of aryl methyl sites for hydroxylation is 1. The van der Waals surface area contributed by atoms with Crippen LogP contribution >= 0.6 is 0 Å². The molecule has 0 atom stereocenters. The number of amides is 1. The Hall–Kier alpha value is -3.33. The largest absolute Gasteiger partial charge is 0.365 e. The van der Waals surface area contributed by atoms with Crippen LogP contribution in [-0.4, -0.2) is 59.0 Å². The van der Waals surface area contributed by atoms with E-state index < -0.39 is 18.4 Å². The molecule has 0 bridgehead atoms. The van der Waals surface area contributed by atoms with Gasteiger partial charge in [0.15, 0.2) is 0 Å². The summed E-state index contributed by atoms with van der Waals surface area (Å²) in [6, 6.07) is 7.95. The Labute approximate surface area is 175 Å². The van der Waals surface area contributed by atoms with Crippen LogP contribution in [0.5, 0.6) is 0 Å². The van der Waals surface area contributed by atoms with Crippen LogP contribution in [0.3, 0.4) is 0 Å². The summed E-state index contributed by atoms with van der Waals surface area (Å²) in [4.78, 5) is 37.7. The standard InChI is InChI=1S/C21H23FN6O2/c1-13-20(29)26-17-11-14(3-4-15(17)24-13)12-27-7-9-28(10-8-27)18-6-5-16(21(30)23-2)25-19(18)22/h3-6,11H,7-10,12H2,1-2H3,(H,23,30)(H,26,29)/i12D2. The number of rotatable bonds is 4. The second-order valence-electron chi connectivity index (χ2n) is 7.05. The number of piperazine rings is 1. The van der Waals surface area contributed by atoms with E-state index in [2.05, 4.69) is 20.3 Å². The fraction of sp³-hybridized carbons (Fsp3) is 0.333. The molecule has 8 nitrogen and oxygen atoms in total. The lowest BCUT2D eigenvalue weighted by molar-refractivity contribution is 0.0957. The molecular formula is C21H23FN6O2. The average molecular weight is 412 g/mol. The van der Waals surface area contributed by atoms with Crippen molar-refractivity contribution in [2.24, 2.45) is 0 Å². The van der Waals surface area contributed by atoms with Crippen molar-refractivity contribution in [2.75, 3.05) is 38.1 Å². The van der Waals surface area contributed by atoms with Crippen LogP contribution < -0.4 is 15.8 Å². The minimum absolute atomic E-state index is 0.00254. The molecule has 9 heteroatoms. The maximum Gasteiger partial charge on any atom is 0.269 e. The first-order valence-corrected chi connectivity index (χ1v) is 9.60. The van der Waals surface area contributed by atoms with E-state index in [0.717, 1.165) is 0 Å². The number of benzene rings is 1. The molecule has 1 saturated heterocycles. The molecule has 4 rings (SSSR count). The number of aromatic amines is 1. The molecule has 156 valence electrons. The van der Waals surface area contributed by atoms with Crippen LogP contribution in [0.25, 0.3) is 11.0 Å². The molecule has 3 aromatic rings. The molecule has 1 aromatic carbocycles. The van der Waals surface area contributed by atoms with Crippen molar-refractivity contribution in [3.8, 4) is 0 Å². The number of halogens is 1. The van der Waals surface area contributed by atoms with Gasteiger partial charge in [-0.3, -0.25) is 14.5 Å². The number of hydrogen-bond donors (Lipinski definition) is 2. The summed E-state index contributed by atoms with van der Waals surface area (Å²) in [5.41, 5.74) is 1.81. The number of nitrogens with zero attached hydrogens (tertiary/aromatic N) is 4. The molecule has 2 N–H and O–H groups in total. The first-order chi connectivity index (χ1) is 15.2. The number of pyridine rings is 1. The van der Waals surface area contributed by atoms with Gasteiger partial charge in [0.2, 0.25) is 5.95 Å². The highest BCUT2D eigenvalue weighted by Crippen LogP contribution is 2.21. The zero-order chi connectivity index (χ0) is 23.0. The van der Waals surface area contributed by atoms with Gasteiger partial charge in [-0.05, 0) is 36.8 Å². The Bertz CT molecular complexity index is 1240. The van der Waals surface area contributed by atoms with Crippen LogP contribution in [0, 0.1) is 12.9 Å². The third-order valence-corrected chi connectivity index (χ3v) is 5.06. The van der Waals surface area contributed by atoms with Crippen LogP contribution in [0.4, 0.5) is 10.1 Å². The number of hydrogen-bond acceptors (Lipinski definition) is 6. The maximum absolute atomic E-state index is 14.5. The van der Waals surface area contributed by atoms with Gasteiger partial charge in [0.05, 0.1) is 16.7 Å². The predicted molar refractivity (Wildman–Crippen MR) is 112 cm³/mol. The zero-order valence-electron chi connectivity index (χ0n) is 18.7. The highest BCUT2D eigenvalue weighted by molar-refractivity contribution is 5.92. The molecule has 30 heavy (non-hydrogen) atoms. The average Bonchev–Trinajstić information content (AvgIpc) is 2.79. The minimum Gasteiger partial charge on any atom is -0.365 e. The molecule has 0 spiro atoms. The van der Waals surface area contributed by atoms with Crippen molar-refractivity contribution >= 4 is 22.6 Å². The van der Waals surface area contributed by atoms with E-state index in [4.69, 9.17) is 2.74 Å². The SMILES string of the molecule is [2H]C([2H])(c1ccc2nc(C)c(=O)[nH]c2c1)N1CCN(c2ccc(C(=O)NC)nc2F)CC1. The van der Waals surface area contributed by atoms with Crippen molar-refractivity contribution in [2.45, 2.75) is 13.4 Å². The summed E-state index contributed by atoms with van der Waals surface area (Å²) < 4.78 is 31.8. The van der Waals surface area contributed by atoms with E-state index in [1.807, 2.05) is 0 Å². The Morgan fingerprint density at radius 1 is 1.23 bits per heavy atom. The Morgan fingerprint density at radius 2 is 2.00 bits per heavy atom. The molecule has 1 aliphatic heterocycles. The monoisotopic (exact) mass is 412 g/mol. The van der Waals surface area contributed by atoms with E-state index in [0.29, 0.717) is 48.5 Å². The van der Waals surface area contributed by atoms with Gasteiger partial charge < -0.3 is 15.2 Å². The van der Waals surface area contributed by atoms with E-state index >= 15 is 0 Å². The number of nitrogens with one attached hydrogen (secondary N) is 2. The fourth-order valence-electron chi connectivity index (χ4n) is 3.41. The van der Waals surface area contributed by atoms with E-state index in [1.165, 1.54) is 19.2 Å². The summed E-state index contributed by atoms with van der Waals surface area (Å²) in [5.74, 6) is -1.20. The van der Waals surface area contributed by atoms with E-state index in [9.17, 15) is 14.0 Å². The van der Waals surface area contributed by atoms with Gasteiger partial charge in [0.25, 0.3) is 11.5 Å². The first-order valence-electron chi connectivity index (χ1n) is 10.6. The van der Waals surface area contributed by atoms with Crippen LogP contribution in [-0.2, 0) is 6.50 Å². The number of aromatic nitrogens is 3. The van der Waals surface area contributed by atoms with Gasteiger partial charge in [-0.2, -0.15) is 4.39 Å². The summed E-state index contributed by atoms with van der Waals surface area (Å²) >= 11 is 0. The maximum atomic E-state index is 14.5. The van der Waals surface area contributed by atoms with Gasteiger partial charge >= 0.3 is 0 Å². The molecular weight excluding hydrogens is 387 g/mol. The smallest absolute Gasteiger partial charge is 0.269 e. The number of anilines is 1. The molecule has 0 saturated carbocycles. The Morgan fingerprint density at radius 3 is 2.70 bits per heavy atom. The number of carbonyl (C=O) groups is 1. The Kier molecular flexibility index (Phi) is 4.78. The van der Waals surface area contributed by atoms with Gasteiger partial charge in [-0.15, -0.1) is 0 Å². The topological polar surface area (TPSA) is 94.2 Å². The molecule has 0 radical (unpaired) electrons. The lowest BCUT2D eigenvalue weighted by Gasteiger charge is -2.36. The van der Waals surface area contributed by atoms with Gasteiger partial charge in [0, 0.05) is 42.5 Å². The molecule has 0 aliphatic carbocycles. The minimum atomic E-state index is -1.79. The molecule has 1 amide bonds. The first kappa shape index (κ1) is 17.5. The number of fused-ring (bicyclic) bond motifs is 1. The van der Waals surface area contributed by atoms with Crippen LogP contribution in [0.15, 0.2) is 35.1 Å². The molecule has 1 fully saturated rings. The lowest BCUT2D eigenvalue weighted by Crippen LogP contribution is -2.46. The normalized spacial score (nSPS) is 16.3. The summed E-state index contributed by atoms with van der Waals surface area (Å²) in [5, 5.41) is 2.41. The van der Waals surface area contributed by atoms with Crippen LogP contribution in [0.2, 0.25) is 0 Å². The fourth-order valence-corrected chi connectivity index (χ4v) is 3.41. The van der Waals surface area contributed by atoms with Crippen molar-refractivity contribution in [3.05, 3.63) is 63.6 Å². The van der Waals surface area contributed by atoms with E-state index in [1.54, 1.807) is 34.9 Å². The van der Waals surface area contributed by atoms with Crippen LogP contribution in [0.1, 0.15) is 24.5 Å². The van der Waals surface area contributed by atoms with Crippen molar-refractivity contribution in [3.63, 3.8) is 0 Å².